The van der Waals surface area contributed by atoms with Gasteiger partial charge in [-0.05, 0) is 12.5 Å². The zero-order chi connectivity index (χ0) is 10.7. The smallest absolute Gasteiger partial charge is 0.276 e. The van der Waals surface area contributed by atoms with Gasteiger partial charge in [-0.3, -0.25) is 10.1 Å². The Bertz CT molecular complexity index is 421. The van der Waals surface area contributed by atoms with Crippen LogP contribution in [-0.4, -0.2) is 10.0 Å². The van der Waals surface area contributed by atoms with E-state index in [1.54, 1.807) is 6.92 Å². The second-order valence-corrected chi connectivity index (χ2v) is 2.78. The fourth-order valence-corrected chi connectivity index (χ4v) is 1.24. The van der Waals surface area contributed by atoms with Gasteiger partial charge in [0.25, 0.3) is 5.69 Å². The number of rotatable bonds is 2. The standard InChI is InChI=1S/C9H8N2O3/c1-6-2-3-9(11(13)14)8(5-12)7(6)4-10/h2-3,12H,5H2,1H3. The predicted octanol–water partition coefficient (Wildman–Crippen LogP) is 1.27. The van der Waals surface area contributed by atoms with Gasteiger partial charge in [0.05, 0.1) is 22.7 Å². The van der Waals surface area contributed by atoms with Crippen LogP contribution in [0.15, 0.2) is 12.1 Å². The summed E-state index contributed by atoms with van der Waals surface area (Å²) in [6.07, 6.45) is 0. The molecule has 0 amide bonds. The number of benzene rings is 1. The van der Waals surface area contributed by atoms with Crippen molar-refractivity contribution >= 4 is 5.69 Å². The Labute approximate surface area is 80.4 Å². The third-order valence-electron chi connectivity index (χ3n) is 1.96. The first-order chi connectivity index (χ1) is 6.61. The molecule has 0 bridgehead atoms. The van der Waals surface area contributed by atoms with E-state index in [-0.39, 0.29) is 16.8 Å². The van der Waals surface area contributed by atoms with E-state index in [4.69, 9.17) is 10.4 Å². The molecule has 1 N–H and O–H groups in total. The summed E-state index contributed by atoms with van der Waals surface area (Å²) in [4.78, 5) is 9.94. The highest BCUT2D eigenvalue weighted by Gasteiger charge is 2.18. The van der Waals surface area contributed by atoms with E-state index >= 15 is 0 Å². The number of aryl methyl sites for hydroxylation is 1. The average molecular weight is 192 g/mol. The Hall–Kier alpha value is -1.93. The lowest BCUT2D eigenvalue weighted by Crippen LogP contribution is -2.00. The third kappa shape index (κ3) is 1.56. The monoisotopic (exact) mass is 192 g/mol. The number of nitro groups is 1. The van der Waals surface area contributed by atoms with Crippen molar-refractivity contribution in [1.82, 2.24) is 0 Å². The van der Waals surface area contributed by atoms with Crippen molar-refractivity contribution in [2.45, 2.75) is 13.5 Å². The maximum atomic E-state index is 10.5. The van der Waals surface area contributed by atoms with Crippen LogP contribution in [0, 0.1) is 28.4 Å². The zero-order valence-corrected chi connectivity index (χ0v) is 7.52. The molecule has 1 rings (SSSR count). The Kier molecular flexibility index (Phi) is 2.79. The van der Waals surface area contributed by atoms with Gasteiger partial charge in [0.15, 0.2) is 0 Å². The lowest BCUT2D eigenvalue weighted by Gasteiger charge is -2.03. The molecule has 1 aromatic carbocycles. The van der Waals surface area contributed by atoms with Gasteiger partial charge in [-0.1, -0.05) is 6.07 Å². The van der Waals surface area contributed by atoms with Crippen LogP contribution in [0.5, 0.6) is 0 Å². The molecule has 0 aliphatic carbocycles. The molecule has 0 radical (unpaired) electrons. The number of aliphatic hydroxyl groups is 1. The molecule has 0 atom stereocenters. The number of aliphatic hydroxyl groups excluding tert-OH is 1. The first-order valence-corrected chi connectivity index (χ1v) is 3.89. The van der Waals surface area contributed by atoms with Crippen molar-refractivity contribution in [3.63, 3.8) is 0 Å². The maximum absolute atomic E-state index is 10.5. The predicted molar refractivity (Wildman–Crippen MR) is 48.5 cm³/mol. The van der Waals surface area contributed by atoms with Gasteiger partial charge in [0, 0.05) is 6.07 Å². The number of nitrogens with zero attached hydrogens (tertiary/aromatic N) is 2. The Balaban J connectivity index is 3.50. The first-order valence-electron chi connectivity index (χ1n) is 3.89. The van der Waals surface area contributed by atoms with E-state index in [9.17, 15) is 10.1 Å². The van der Waals surface area contributed by atoms with Crippen LogP contribution in [-0.2, 0) is 6.61 Å². The molecule has 72 valence electrons. The molecule has 5 heteroatoms. The summed E-state index contributed by atoms with van der Waals surface area (Å²) >= 11 is 0. The molecular formula is C9H8N2O3. The van der Waals surface area contributed by atoms with Crippen LogP contribution < -0.4 is 0 Å². The quantitative estimate of drug-likeness (QED) is 0.564. The van der Waals surface area contributed by atoms with Crippen molar-refractivity contribution in [2.24, 2.45) is 0 Å². The lowest BCUT2D eigenvalue weighted by molar-refractivity contribution is -0.385. The largest absolute Gasteiger partial charge is 0.391 e. The third-order valence-corrected chi connectivity index (χ3v) is 1.96. The molecule has 0 heterocycles. The molecule has 0 aliphatic rings. The summed E-state index contributed by atoms with van der Waals surface area (Å²) in [5, 5.41) is 28.2. The van der Waals surface area contributed by atoms with E-state index in [2.05, 4.69) is 0 Å². The van der Waals surface area contributed by atoms with E-state index in [0.717, 1.165) is 0 Å². The van der Waals surface area contributed by atoms with Crippen molar-refractivity contribution < 1.29 is 10.0 Å². The summed E-state index contributed by atoms with van der Waals surface area (Å²) in [6, 6.07) is 4.63. The average Bonchev–Trinajstić information content (AvgIpc) is 2.16. The minimum absolute atomic E-state index is 0.0810. The van der Waals surface area contributed by atoms with E-state index in [1.807, 2.05) is 6.07 Å². The van der Waals surface area contributed by atoms with Crippen molar-refractivity contribution in [2.75, 3.05) is 0 Å². The van der Waals surface area contributed by atoms with Gasteiger partial charge in [-0.25, -0.2) is 0 Å². The molecule has 0 aromatic heterocycles. The maximum Gasteiger partial charge on any atom is 0.276 e. The molecule has 0 saturated carbocycles. The van der Waals surface area contributed by atoms with Crippen LogP contribution >= 0.6 is 0 Å². The van der Waals surface area contributed by atoms with Crippen molar-refractivity contribution in [1.29, 1.82) is 5.26 Å². The van der Waals surface area contributed by atoms with Gasteiger partial charge >= 0.3 is 0 Å². The molecular weight excluding hydrogens is 184 g/mol. The zero-order valence-electron chi connectivity index (χ0n) is 7.52. The van der Waals surface area contributed by atoms with Gasteiger partial charge in [0.1, 0.15) is 6.07 Å². The van der Waals surface area contributed by atoms with Gasteiger partial charge in [-0.2, -0.15) is 5.26 Å². The normalized spacial score (nSPS) is 9.50. The van der Waals surface area contributed by atoms with Crippen LogP contribution in [0.4, 0.5) is 5.69 Å². The molecule has 0 fully saturated rings. The summed E-state index contributed by atoms with van der Waals surface area (Å²) < 4.78 is 0. The summed E-state index contributed by atoms with van der Waals surface area (Å²) in [5.41, 5.74) is 0.677. The van der Waals surface area contributed by atoms with Crippen LogP contribution in [0.1, 0.15) is 16.7 Å². The fourth-order valence-electron chi connectivity index (χ4n) is 1.24. The molecule has 0 aliphatic heterocycles. The van der Waals surface area contributed by atoms with E-state index in [1.165, 1.54) is 12.1 Å². The molecule has 5 nitrogen and oxygen atoms in total. The Morgan fingerprint density at radius 1 is 1.64 bits per heavy atom. The van der Waals surface area contributed by atoms with E-state index < -0.39 is 11.5 Å². The minimum Gasteiger partial charge on any atom is -0.391 e. The topological polar surface area (TPSA) is 87.2 Å². The molecule has 0 saturated heterocycles. The summed E-state index contributed by atoms with van der Waals surface area (Å²) in [7, 11) is 0. The highest BCUT2D eigenvalue weighted by molar-refractivity contribution is 5.54. The van der Waals surface area contributed by atoms with Crippen LogP contribution in [0.3, 0.4) is 0 Å². The molecule has 0 unspecified atom stereocenters. The SMILES string of the molecule is Cc1ccc([N+](=O)[O-])c(CO)c1C#N. The second kappa shape index (κ2) is 3.85. The Morgan fingerprint density at radius 3 is 2.71 bits per heavy atom. The van der Waals surface area contributed by atoms with Gasteiger partial charge in [0.2, 0.25) is 0 Å². The highest BCUT2D eigenvalue weighted by atomic mass is 16.6. The van der Waals surface area contributed by atoms with Gasteiger partial charge < -0.3 is 5.11 Å². The number of hydrogen-bond acceptors (Lipinski definition) is 4. The minimum atomic E-state index is -0.605. The van der Waals surface area contributed by atoms with Crippen LogP contribution in [0.2, 0.25) is 0 Å². The van der Waals surface area contributed by atoms with Crippen molar-refractivity contribution in [3.05, 3.63) is 38.9 Å². The summed E-state index contributed by atoms with van der Waals surface area (Å²) in [5.74, 6) is 0. The summed E-state index contributed by atoms with van der Waals surface area (Å²) in [6.45, 7) is 1.17. The molecule has 1 aromatic rings. The molecule has 14 heavy (non-hydrogen) atoms. The van der Waals surface area contributed by atoms with E-state index in [0.29, 0.717) is 5.56 Å². The van der Waals surface area contributed by atoms with Gasteiger partial charge in [-0.15, -0.1) is 0 Å². The number of hydrogen-bond donors (Lipinski definition) is 1. The first kappa shape index (κ1) is 10.2. The second-order valence-electron chi connectivity index (χ2n) is 2.78. The lowest BCUT2D eigenvalue weighted by atomic mass is 10.0. The number of nitro benzene ring substituents is 1. The number of nitriles is 1. The van der Waals surface area contributed by atoms with Crippen LogP contribution in [0.25, 0.3) is 0 Å². The fraction of sp³-hybridized carbons (Fsp3) is 0.222. The Morgan fingerprint density at radius 2 is 2.29 bits per heavy atom. The van der Waals surface area contributed by atoms with Crippen molar-refractivity contribution in [3.8, 4) is 6.07 Å². The molecule has 0 spiro atoms. The highest BCUT2D eigenvalue weighted by Crippen LogP contribution is 2.24.